The third-order valence-corrected chi connectivity index (χ3v) is 5.76. The van der Waals surface area contributed by atoms with Gasteiger partial charge in [0.2, 0.25) is 0 Å². The van der Waals surface area contributed by atoms with E-state index < -0.39 is 0 Å². The van der Waals surface area contributed by atoms with Gasteiger partial charge in [0.25, 0.3) is 0 Å². The largest absolute Gasteiger partial charge is 0.379 e. The smallest absolute Gasteiger partial charge is 0.191 e. The Bertz CT molecular complexity index is 629. The van der Waals surface area contributed by atoms with Crippen LogP contribution in [0.2, 0.25) is 0 Å². The summed E-state index contributed by atoms with van der Waals surface area (Å²) in [5, 5.41) is 6.79. The molecule has 0 bridgehead atoms. The maximum atomic E-state index is 6.14. The first kappa shape index (κ1) is 23.0. The van der Waals surface area contributed by atoms with Gasteiger partial charge in [0.1, 0.15) is 0 Å². The highest BCUT2D eigenvalue weighted by atomic mass is 16.5. The number of aryl methyl sites for hydroxylation is 1. The Kier molecular flexibility index (Phi) is 9.93. The van der Waals surface area contributed by atoms with Crippen molar-refractivity contribution in [3.63, 3.8) is 0 Å². The summed E-state index contributed by atoms with van der Waals surface area (Å²) in [5.41, 5.74) is 2.55. The van der Waals surface area contributed by atoms with Gasteiger partial charge in [-0.1, -0.05) is 29.8 Å². The Morgan fingerprint density at radius 3 is 2.67 bits per heavy atom. The molecule has 30 heavy (non-hydrogen) atoms. The van der Waals surface area contributed by atoms with Crippen LogP contribution in [0.3, 0.4) is 0 Å². The van der Waals surface area contributed by atoms with Gasteiger partial charge in [-0.3, -0.25) is 4.99 Å². The number of benzene rings is 1. The predicted molar refractivity (Wildman–Crippen MR) is 121 cm³/mol. The molecule has 3 unspecified atom stereocenters. The van der Waals surface area contributed by atoms with E-state index in [4.69, 9.17) is 19.2 Å². The van der Waals surface area contributed by atoms with E-state index >= 15 is 0 Å². The number of hydrogen-bond donors (Lipinski definition) is 2. The zero-order chi connectivity index (χ0) is 21.0. The highest BCUT2D eigenvalue weighted by Gasteiger charge is 2.27. The summed E-state index contributed by atoms with van der Waals surface area (Å²) in [7, 11) is 0. The third-order valence-electron chi connectivity index (χ3n) is 5.76. The van der Waals surface area contributed by atoms with Crippen molar-refractivity contribution < 1.29 is 14.2 Å². The van der Waals surface area contributed by atoms with Crippen LogP contribution in [0, 0.1) is 12.8 Å². The fourth-order valence-electron chi connectivity index (χ4n) is 4.08. The number of guanidine groups is 1. The van der Waals surface area contributed by atoms with E-state index in [-0.39, 0.29) is 6.10 Å². The van der Waals surface area contributed by atoms with Crippen molar-refractivity contribution in [3.05, 3.63) is 35.4 Å². The summed E-state index contributed by atoms with van der Waals surface area (Å²) in [6.07, 6.45) is 5.94. The number of nitrogens with zero attached hydrogens (tertiary/aromatic N) is 1. The van der Waals surface area contributed by atoms with Crippen molar-refractivity contribution >= 4 is 5.96 Å². The van der Waals surface area contributed by atoms with Gasteiger partial charge in [-0.15, -0.1) is 0 Å². The van der Waals surface area contributed by atoms with Crippen LogP contribution in [-0.4, -0.2) is 58.1 Å². The van der Waals surface area contributed by atoms with E-state index in [1.54, 1.807) is 0 Å². The normalized spacial score (nSPS) is 24.7. The molecule has 3 atom stereocenters. The minimum absolute atomic E-state index is 0.136. The van der Waals surface area contributed by atoms with Crippen LogP contribution in [0.4, 0.5) is 0 Å². The molecule has 2 N–H and O–H groups in total. The fourth-order valence-corrected chi connectivity index (χ4v) is 4.08. The highest BCUT2D eigenvalue weighted by molar-refractivity contribution is 5.79. The van der Waals surface area contributed by atoms with E-state index in [0.29, 0.717) is 12.0 Å². The molecule has 6 heteroatoms. The minimum Gasteiger partial charge on any atom is -0.379 e. The SMILES string of the molecule is CCNC(=NCC1CCCOC1c1ccc(C)cc1)NCCCOCC1CCCO1. The van der Waals surface area contributed by atoms with E-state index in [0.717, 1.165) is 84.1 Å². The van der Waals surface area contributed by atoms with Crippen LogP contribution in [-0.2, 0) is 14.2 Å². The van der Waals surface area contributed by atoms with E-state index in [9.17, 15) is 0 Å². The van der Waals surface area contributed by atoms with Crippen molar-refractivity contribution in [2.24, 2.45) is 10.9 Å². The van der Waals surface area contributed by atoms with Crippen molar-refractivity contribution in [2.45, 2.75) is 58.2 Å². The second-order valence-corrected chi connectivity index (χ2v) is 8.31. The van der Waals surface area contributed by atoms with Crippen LogP contribution in [0.15, 0.2) is 29.3 Å². The second kappa shape index (κ2) is 12.9. The summed E-state index contributed by atoms with van der Waals surface area (Å²) in [6, 6.07) is 8.73. The van der Waals surface area contributed by atoms with Crippen LogP contribution in [0.1, 0.15) is 56.3 Å². The Morgan fingerprint density at radius 1 is 1.10 bits per heavy atom. The first-order valence-electron chi connectivity index (χ1n) is 11.7. The molecule has 1 aromatic rings. The summed E-state index contributed by atoms with van der Waals surface area (Å²) in [6.45, 7) is 9.87. The highest BCUT2D eigenvalue weighted by Crippen LogP contribution is 2.33. The van der Waals surface area contributed by atoms with Gasteiger partial charge in [-0.05, 0) is 51.5 Å². The summed E-state index contributed by atoms with van der Waals surface area (Å²) >= 11 is 0. The van der Waals surface area contributed by atoms with Crippen molar-refractivity contribution in [1.29, 1.82) is 0 Å². The van der Waals surface area contributed by atoms with Gasteiger partial charge in [0.05, 0.1) is 18.8 Å². The average Bonchev–Trinajstić information content (AvgIpc) is 3.29. The molecular weight excluding hydrogens is 378 g/mol. The van der Waals surface area contributed by atoms with Crippen molar-refractivity contribution in [2.75, 3.05) is 46.1 Å². The summed E-state index contributed by atoms with van der Waals surface area (Å²) in [5.74, 6) is 1.29. The molecule has 3 rings (SSSR count). The minimum atomic E-state index is 0.136. The molecule has 6 nitrogen and oxygen atoms in total. The second-order valence-electron chi connectivity index (χ2n) is 8.31. The van der Waals surface area contributed by atoms with Gasteiger partial charge in [0.15, 0.2) is 5.96 Å². The molecule has 0 amide bonds. The third kappa shape index (κ3) is 7.56. The molecule has 168 valence electrons. The quantitative estimate of drug-likeness (QED) is 0.346. The molecule has 1 aromatic carbocycles. The lowest BCUT2D eigenvalue weighted by atomic mass is 9.89. The molecule has 2 heterocycles. The molecule has 2 saturated heterocycles. The van der Waals surface area contributed by atoms with Gasteiger partial charge < -0.3 is 24.8 Å². The zero-order valence-corrected chi connectivity index (χ0v) is 18.7. The maximum absolute atomic E-state index is 6.14. The molecule has 2 fully saturated rings. The van der Waals surface area contributed by atoms with Gasteiger partial charge in [-0.2, -0.15) is 0 Å². The van der Waals surface area contributed by atoms with Crippen molar-refractivity contribution in [3.8, 4) is 0 Å². The van der Waals surface area contributed by atoms with Gasteiger partial charge >= 0.3 is 0 Å². The van der Waals surface area contributed by atoms with Crippen LogP contribution in [0.5, 0.6) is 0 Å². The Morgan fingerprint density at radius 2 is 1.90 bits per heavy atom. The number of rotatable bonds is 10. The topological polar surface area (TPSA) is 64.1 Å². The number of ether oxygens (including phenoxy) is 3. The first-order valence-corrected chi connectivity index (χ1v) is 11.7. The summed E-state index contributed by atoms with van der Waals surface area (Å²) < 4.78 is 17.5. The predicted octanol–water partition coefficient (Wildman–Crippen LogP) is 3.60. The zero-order valence-electron chi connectivity index (χ0n) is 18.7. The molecule has 0 aromatic heterocycles. The van der Waals surface area contributed by atoms with Gasteiger partial charge in [0, 0.05) is 45.4 Å². The monoisotopic (exact) mass is 417 g/mol. The van der Waals surface area contributed by atoms with E-state index in [1.165, 1.54) is 11.1 Å². The molecule has 2 aliphatic rings. The van der Waals surface area contributed by atoms with Crippen LogP contribution < -0.4 is 10.6 Å². The summed E-state index contributed by atoms with van der Waals surface area (Å²) in [4.78, 5) is 4.86. The fraction of sp³-hybridized carbons (Fsp3) is 0.708. The van der Waals surface area contributed by atoms with E-state index in [2.05, 4.69) is 48.7 Å². The molecule has 0 aliphatic carbocycles. The maximum Gasteiger partial charge on any atom is 0.191 e. The standard InChI is InChI=1S/C24H39N3O3/c1-3-25-24(26-13-6-14-28-18-22-8-5-15-29-22)27-17-21-7-4-16-30-23(21)20-11-9-19(2)10-12-20/h9-12,21-23H,3-8,13-18H2,1-2H3,(H2,25,26,27). The molecule has 0 spiro atoms. The Balaban J connectivity index is 1.43. The average molecular weight is 418 g/mol. The van der Waals surface area contributed by atoms with Crippen molar-refractivity contribution in [1.82, 2.24) is 10.6 Å². The Hall–Kier alpha value is -1.63. The van der Waals surface area contributed by atoms with Gasteiger partial charge in [-0.25, -0.2) is 0 Å². The molecular formula is C24H39N3O3. The number of aliphatic imine (C=N–C) groups is 1. The first-order chi connectivity index (χ1) is 14.8. The lowest BCUT2D eigenvalue weighted by Gasteiger charge is -2.31. The van der Waals surface area contributed by atoms with Crippen LogP contribution >= 0.6 is 0 Å². The molecule has 0 saturated carbocycles. The lowest BCUT2D eigenvalue weighted by molar-refractivity contribution is -0.0250. The van der Waals surface area contributed by atoms with Crippen LogP contribution in [0.25, 0.3) is 0 Å². The Labute approximate surface area is 181 Å². The molecule has 2 aliphatic heterocycles. The van der Waals surface area contributed by atoms with E-state index in [1.807, 2.05) is 0 Å². The molecule has 0 radical (unpaired) electrons. The lowest BCUT2D eigenvalue weighted by Crippen LogP contribution is -2.39. The number of nitrogens with one attached hydrogen (secondary N) is 2. The number of hydrogen-bond acceptors (Lipinski definition) is 4.